The predicted octanol–water partition coefficient (Wildman–Crippen LogP) is 6.15. The maximum Gasteiger partial charge on any atom is 0.0897 e. The molecule has 124 valence electrons. The molecule has 1 fully saturated rings. The third kappa shape index (κ3) is 3.30. The lowest BCUT2D eigenvalue weighted by Crippen LogP contribution is -2.47. The fourth-order valence-corrected chi connectivity index (χ4v) is 4.08. The second-order valence-corrected chi connectivity index (χ2v) is 7.97. The van der Waals surface area contributed by atoms with Crippen LogP contribution in [0.5, 0.6) is 0 Å². The molecular weight excluding hydrogens is 280 g/mol. The van der Waals surface area contributed by atoms with Crippen LogP contribution in [0.3, 0.4) is 0 Å². The smallest absolute Gasteiger partial charge is 0.0897 e. The molecule has 1 aliphatic carbocycles. The number of hydrogen-bond acceptors (Lipinski definition) is 1. The van der Waals surface area contributed by atoms with E-state index >= 15 is 0 Å². The molecule has 0 aromatic heterocycles. The fraction of sp³-hybridized carbons (Fsp3) is 0.545. The van der Waals surface area contributed by atoms with Gasteiger partial charge in [-0.2, -0.15) is 0 Å². The number of allylic oxidation sites excluding steroid dienone is 2. The van der Waals surface area contributed by atoms with E-state index in [4.69, 9.17) is 4.74 Å². The monoisotopic (exact) mass is 310 g/mol. The molecule has 0 radical (unpaired) electrons. The normalized spacial score (nSPS) is 33.1. The molecule has 1 aliphatic heterocycles. The van der Waals surface area contributed by atoms with E-state index in [1.54, 1.807) is 0 Å². The summed E-state index contributed by atoms with van der Waals surface area (Å²) in [6.07, 6.45) is 8.44. The second-order valence-electron chi connectivity index (χ2n) is 7.97. The Hall–Kier alpha value is -1.34. The van der Waals surface area contributed by atoms with E-state index in [0.29, 0.717) is 11.8 Å². The second kappa shape index (κ2) is 6.28. The van der Waals surface area contributed by atoms with Crippen LogP contribution in [0.2, 0.25) is 0 Å². The number of aryl methyl sites for hydroxylation is 1. The SMILES string of the molecule is CC(C)=CCC1(C)OC(c2ccc(C)cc2)C2CC1CC=C2C. The van der Waals surface area contributed by atoms with Gasteiger partial charge in [0.1, 0.15) is 0 Å². The van der Waals surface area contributed by atoms with Crippen LogP contribution < -0.4 is 0 Å². The zero-order valence-corrected chi connectivity index (χ0v) is 15.2. The van der Waals surface area contributed by atoms with Crippen LogP contribution in [-0.4, -0.2) is 5.60 Å². The summed E-state index contributed by atoms with van der Waals surface area (Å²) in [6.45, 7) is 11.1. The molecule has 2 aliphatic rings. The number of fused-ring (bicyclic) bond motifs is 2. The highest BCUT2D eigenvalue weighted by atomic mass is 16.5. The Labute approximate surface area is 141 Å². The van der Waals surface area contributed by atoms with Crippen molar-refractivity contribution in [1.82, 2.24) is 0 Å². The van der Waals surface area contributed by atoms with Gasteiger partial charge in [-0.05, 0) is 65.4 Å². The van der Waals surface area contributed by atoms with Crippen LogP contribution in [-0.2, 0) is 4.74 Å². The van der Waals surface area contributed by atoms with Gasteiger partial charge < -0.3 is 4.74 Å². The third-order valence-corrected chi connectivity index (χ3v) is 5.79. The minimum absolute atomic E-state index is 0.0550. The highest BCUT2D eigenvalue weighted by Crippen LogP contribution is 2.52. The van der Waals surface area contributed by atoms with Gasteiger partial charge in [0, 0.05) is 5.92 Å². The van der Waals surface area contributed by atoms with Crippen molar-refractivity contribution in [1.29, 1.82) is 0 Å². The average Bonchev–Trinajstić information content (AvgIpc) is 2.52. The van der Waals surface area contributed by atoms with E-state index in [2.05, 4.69) is 71.0 Å². The number of hydrogen-bond donors (Lipinski definition) is 0. The molecule has 0 amide bonds. The van der Waals surface area contributed by atoms with Gasteiger partial charge >= 0.3 is 0 Å². The van der Waals surface area contributed by atoms with E-state index in [0.717, 1.165) is 12.8 Å². The molecule has 23 heavy (non-hydrogen) atoms. The first-order chi connectivity index (χ1) is 10.9. The lowest BCUT2D eigenvalue weighted by Gasteiger charge is -2.51. The van der Waals surface area contributed by atoms with Gasteiger partial charge in [0.25, 0.3) is 0 Å². The quantitative estimate of drug-likeness (QED) is 0.608. The Bertz CT molecular complexity index is 618. The number of ether oxygens (including phenoxy) is 1. The molecule has 0 spiro atoms. The van der Waals surface area contributed by atoms with Crippen LogP contribution in [0, 0.1) is 18.8 Å². The van der Waals surface area contributed by atoms with E-state index in [9.17, 15) is 0 Å². The Kier molecular flexibility index (Phi) is 4.51. The van der Waals surface area contributed by atoms with Crippen LogP contribution in [0.1, 0.15) is 64.2 Å². The minimum atomic E-state index is -0.0550. The molecule has 4 atom stereocenters. The maximum absolute atomic E-state index is 6.80. The highest BCUT2D eigenvalue weighted by molar-refractivity contribution is 5.28. The van der Waals surface area contributed by atoms with Crippen molar-refractivity contribution in [2.45, 2.75) is 65.6 Å². The number of rotatable bonds is 3. The third-order valence-electron chi connectivity index (χ3n) is 5.79. The van der Waals surface area contributed by atoms with Gasteiger partial charge in [-0.1, -0.05) is 53.1 Å². The minimum Gasteiger partial charge on any atom is -0.366 e. The molecule has 2 bridgehead atoms. The predicted molar refractivity (Wildman–Crippen MR) is 97.4 cm³/mol. The standard InChI is InChI=1S/C22H30O/c1-15(2)12-13-22(5)19-11-8-17(4)20(14-19)21(23-22)18-9-6-16(3)7-10-18/h6-10,12,19-21H,11,13-14H2,1-5H3. The Morgan fingerprint density at radius 2 is 1.91 bits per heavy atom. The van der Waals surface area contributed by atoms with Crippen molar-refractivity contribution in [3.8, 4) is 0 Å². The van der Waals surface area contributed by atoms with Crippen molar-refractivity contribution in [2.75, 3.05) is 0 Å². The molecule has 4 unspecified atom stereocenters. The van der Waals surface area contributed by atoms with Crippen molar-refractivity contribution in [3.63, 3.8) is 0 Å². The largest absolute Gasteiger partial charge is 0.366 e. The summed E-state index contributed by atoms with van der Waals surface area (Å²) in [4.78, 5) is 0. The highest BCUT2D eigenvalue weighted by Gasteiger charge is 2.47. The zero-order chi connectivity index (χ0) is 16.6. The van der Waals surface area contributed by atoms with E-state index in [-0.39, 0.29) is 11.7 Å². The molecular formula is C22H30O. The molecule has 1 saturated heterocycles. The topological polar surface area (TPSA) is 9.23 Å². The summed E-state index contributed by atoms with van der Waals surface area (Å²) in [5.74, 6) is 1.17. The lowest BCUT2D eigenvalue weighted by molar-refractivity contribution is -0.175. The van der Waals surface area contributed by atoms with Crippen LogP contribution in [0.15, 0.2) is 47.6 Å². The Morgan fingerprint density at radius 3 is 2.57 bits per heavy atom. The molecule has 1 heterocycles. The zero-order valence-electron chi connectivity index (χ0n) is 15.2. The Morgan fingerprint density at radius 1 is 1.22 bits per heavy atom. The van der Waals surface area contributed by atoms with Crippen LogP contribution in [0.4, 0.5) is 0 Å². The van der Waals surface area contributed by atoms with Gasteiger partial charge in [0.05, 0.1) is 11.7 Å². The Balaban J connectivity index is 1.94. The van der Waals surface area contributed by atoms with Crippen LogP contribution in [0.25, 0.3) is 0 Å². The van der Waals surface area contributed by atoms with Gasteiger partial charge in [-0.3, -0.25) is 0 Å². The van der Waals surface area contributed by atoms with Gasteiger partial charge in [-0.25, -0.2) is 0 Å². The average molecular weight is 310 g/mol. The first kappa shape index (κ1) is 16.5. The van der Waals surface area contributed by atoms with Gasteiger partial charge in [0.2, 0.25) is 0 Å². The summed E-state index contributed by atoms with van der Waals surface area (Å²) < 4.78 is 6.80. The van der Waals surface area contributed by atoms with Gasteiger partial charge in [0.15, 0.2) is 0 Å². The maximum atomic E-state index is 6.80. The van der Waals surface area contributed by atoms with Crippen molar-refractivity contribution in [2.24, 2.45) is 11.8 Å². The summed E-state index contributed by atoms with van der Waals surface area (Å²) in [7, 11) is 0. The molecule has 3 rings (SSSR count). The molecule has 0 saturated carbocycles. The summed E-state index contributed by atoms with van der Waals surface area (Å²) in [5, 5.41) is 0. The van der Waals surface area contributed by atoms with E-state index in [1.165, 1.54) is 28.7 Å². The van der Waals surface area contributed by atoms with Crippen LogP contribution >= 0.6 is 0 Å². The van der Waals surface area contributed by atoms with E-state index in [1.807, 2.05) is 0 Å². The number of benzene rings is 1. The first-order valence-electron chi connectivity index (χ1n) is 8.93. The summed E-state index contributed by atoms with van der Waals surface area (Å²) in [5.41, 5.74) is 5.48. The molecule has 1 nitrogen and oxygen atoms in total. The lowest BCUT2D eigenvalue weighted by atomic mass is 9.67. The van der Waals surface area contributed by atoms with Crippen molar-refractivity contribution in [3.05, 3.63) is 58.7 Å². The summed E-state index contributed by atoms with van der Waals surface area (Å²) in [6, 6.07) is 8.92. The molecule has 0 N–H and O–H groups in total. The first-order valence-corrected chi connectivity index (χ1v) is 8.93. The van der Waals surface area contributed by atoms with E-state index < -0.39 is 0 Å². The molecule has 1 aromatic carbocycles. The summed E-state index contributed by atoms with van der Waals surface area (Å²) >= 11 is 0. The fourth-order valence-electron chi connectivity index (χ4n) is 4.08. The van der Waals surface area contributed by atoms with Gasteiger partial charge in [-0.15, -0.1) is 0 Å². The molecule has 1 heteroatoms. The molecule has 1 aromatic rings. The van der Waals surface area contributed by atoms with Crippen molar-refractivity contribution >= 4 is 0 Å². The van der Waals surface area contributed by atoms with Crippen molar-refractivity contribution < 1.29 is 4.74 Å².